The van der Waals surface area contributed by atoms with Crippen LogP contribution in [0.5, 0.6) is 0 Å². The number of rotatable bonds is 8. The van der Waals surface area contributed by atoms with Crippen LogP contribution in [0.3, 0.4) is 0 Å². The maximum atomic E-state index is 10.2. The van der Waals surface area contributed by atoms with E-state index in [2.05, 4.69) is 0 Å². The highest BCUT2D eigenvalue weighted by molar-refractivity contribution is 5.52. The number of hydrogen-bond donors (Lipinski definition) is 1. The second-order valence-corrected chi connectivity index (χ2v) is 3.66. The zero-order chi connectivity index (χ0) is 13.1. The minimum absolute atomic E-state index is 0.0167. The highest BCUT2D eigenvalue weighted by Gasteiger charge is 1.99. The van der Waals surface area contributed by atoms with Crippen molar-refractivity contribution in [1.82, 2.24) is 0 Å². The van der Waals surface area contributed by atoms with Crippen LogP contribution in [0.2, 0.25) is 0 Å². The standard InChI is InChI=1S/C15H18O3/c16-11-5-4-8-15(18-13-12-17)10-9-14-6-2-1-3-7-14/h1-4,6-11,15,17H,5,12-13H2. The van der Waals surface area contributed by atoms with Crippen molar-refractivity contribution in [2.45, 2.75) is 12.5 Å². The van der Waals surface area contributed by atoms with Crippen molar-refractivity contribution in [3.8, 4) is 0 Å². The number of benzene rings is 1. The van der Waals surface area contributed by atoms with Gasteiger partial charge in [0, 0.05) is 6.42 Å². The van der Waals surface area contributed by atoms with Gasteiger partial charge in [0.25, 0.3) is 0 Å². The fourth-order valence-electron chi connectivity index (χ4n) is 1.40. The van der Waals surface area contributed by atoms with Crippen LogP contribution < -0.4 is 0 Å². The van der Waals surface area contributed by atoms with Gasteiger partial charge in [0.05, 0.1) is 19.3 Å². The van der Waals surface area contributed by atoms with Gasteiger partial charge in [-0.2, -0.15) is 0 Å². The van der Waals surface area contributed by atoms with E-state index >= 15 is 0 Å². The molecule has 1 rings (SSSR count). The first-order chi connectivity index (χ1) is 8.86. The molecule has 1 aromatic rings. The Morgan fingerprint density at radius 1 is 1.22 bits per heavy atom. The van der Waals surface area contributed by atoms with Gasteiger partial charge in [-0.05, 0) is 5.56 Å². The molecule has 0 aliphatic heterocycles. The van der Waals surface area contributed by atoms with E-state index in [9.17, 15) is 4.79 Å². The number of ether oxygens (including phenoxy) is 1. The van der Waals surface area contributed by atoms with Gasteiger partial charge < -0.3 is 14.6 Å². The first-order valence-corrected chi connectivity index (χ1v) is 5.93. The van der Waals surface area contributed by atoms with Gasteiger partial charge in [-0.1, -0.05) is 54.6 Å². The van der Waals surface area contributed by atoms with Crippen molar-refractivity contribution in [2.24, 2.45) is 0 Å². The molecule has 0 radical (unpaired) electrons. The third-order valence-electron chi connectivity index (χ3n) is 2.24. The summed E-state index contributed by atoms with van der Waals surface area (Å²) in [6, 6.07) is 9.88. The Labute approximate surface area is 107 Å². The van der Waals surface area contributed by atoms with E-state index in [1.807, 2.05) is 48.6 Å². The molecule has 0 heterocycles. The first-order valence-electron chi connectivity index (χ1n) is 5.93. The molecule has 3 nitrogen and oxygen atoms in total. The Morgan fingerprint density at radius 3 is 2.67 bits per heavy atom. The highest BCUT2D eigenvalue weighted by atomic mass is 16.5. The van der Waals surface area contributed by atoms with E-state index in [0.29, 0.717) is 6.42 Å². The van der Waals surface area contributed by atoms with Crippen molar-refractivity contribution in [1.29, 1.82) is 0 Å². The number of carbonyl (C=O) groups excluding carboxylic acids is 1. The van der Waals surface area contributed by atoms with Gasteiger partial charge >= 0.3 is 0 Å². The quantitative estimate of drug-likeness (QED) is 0.565. The predicted octanol–water partition coefficient (Wildman–Crippen LogP) is 2.22. The summed E-state index contributed by atoms with van der Waals surface area (Å²) in [4.78, 5) is 10.2. The summed E-state index contributed by atoms with van der Waals surface area (Å²) in [6.07, 6.45) is 8.39. The lowest BCUT2D eigenvalue weighted by molar-refractivity contribution is -0.107. The number of aliphatic hydroxyl groups excluding tert-OH is 1. The molecule has 96 valence electrons. The number of aldehydes is 1. The lowest BCUT2D eigenvalue weighted by Gasteiger charge is -2.08. The maximum Gasteiger partial charge on any atom is 0.123 e. The van der Waals surface area contributed by atoms with Crippen molar-refractivity contribution >= 4 is 12.4 Å². The molecule has 1 aromatic carbocycles. The largest absolute Gasteiger partial charge is 0.394 e. The third-order valence-corrected chi connectivity index (χ3v) is 2.24. The normalized spacial score (nSPS) is 13.2. The average molecular weight is 246 g/mol. The molecule has 3 heteroatoms. The highest BCUT2D eigenvalue weighted by Crippen LogP contribution is 2.05. The summed E-state index contributed by atoms with van der Waals surface area (Å²) in [5.41, 5.74) is 1.08. The van der Waals surface area contributed by atoms with E-state index < -0.39 is 0 Å². The van der Waals surface area contributed by atoms with E-state index in [1.165, 1.54) is 0 Å². The molecule has 0 bridgehead atoms. The lowest BCUT2D eigenvalue weighted by Crippen LogP contribution is -2.10. The van der Waals surface area contributed by atoms with Crippen molar-refractivity contribution in [2.75, 3.05) is 13.2 Å². The SMILES string of the molecule is O=CCC=CC(C=Cc1ccccc1)OCCO. The molecule has 0 amide bonds. The third kappa shape index (κ3) is 6.13. The van der Waals surface area contributed by atoms with E-state index in [4.69, 9.17) is 9.84 Å². The molecule has 0 saturated carbocycles. The summed E-state index contributed by atoms with van der Waals surface area (Å²) >= 11 is 0. The van der Waals surface area contributed by atoms with Gasteiger partial charge in [-0.25, -0.2) is 0 Å². The fraction of sp³-hybridized carbons (Fsp3) is 0.267. The Bertz CT molecular complexity index is 382. The Balaban J connectivity index is 2.59. The zero-order valence-electron chi connectivity index (χ0n) is 10.2. The second-order valence-electron chi connectivity index (χ2n) is 3.66. The number of carbonyl (C=O) groups is 1. The molecule has 0 aliphatic carbocycles. The Hall–Kier alpha value is -1.71. The predicted molar refractivity (Wildman–Crippen MR) is 72.1 cm³/mol. The van der Waals surface area contributed by atoms with Crippen molar-refractivity contribution < 1.29 is 14.6 Å². The van der Waals surface area contributed by atoms with E-state index in [-0.39, 0.29) is 19.3 Å². The summed E-state index contributed by atoms with van der Waals surface area (Å²) < 4.78 is 5.42. The van der Waals surface area contributed by atoms with Gasteiger partial charge in [0.2, 0.25) is 0 Å². The van der Waals surface area contributed by atoms with Crippen LogP contribution >= 0.6 is 0 Å². The van der Waals surface area contributed by atoms with Crippen molar-refractivity contribution in [3.63, 3.8) is 0 Å². The number of hydrogen-bond acceptors (Lipinski definition) is 3. The monoisotopic (exact) mass is 246 g/mol. The summed E-state index contributed by atoms with van der Waals surface area (Å²) in [6.45, 7) is 0.256. The molecule has 1 unspecified atom stereocenters. The van der Waals surface area contributed by atoms with Crippen LogP contribution in [0.4, 0.5) is 0 Å². The molecule has 18 heavy (non-hydrogen) atoms. The minimum atomic E-state index is -0.225. The fourth-order valence-corrected chi connectivity index (χ4v) is 1.40. The molecule has 0 saturated heterocycles. The minimum Gasteiger partial charge on any atom is -0.394 e. The number of allylic oxidation sites excluding steroid dienone is 1. The molecule has 0 spiro atoms. The topological polar surface area (TPSA) is 46.5 Å². The summed E-state index contributed by atoms with van der Waals surface area (Å²) in [5, 5.41) is 8.74. The van der Waals surface area contributed by atoms with Crippen LogP contribution in [0.15, 0.2) is 48.6 Å². The first kappa shape index (κ1) is 14.4. The van der Waals surface area contributed by atoms with Crippen LogP contribution in [-0.2, 0) is 9.53 Å². The average Bonchev–Trinajstić information content (AvgIpc) is 2.42. The number of aliphatic hydroxyl groups is 1. The lowest BCUT2D eigenvalue weighted by atomic mass is 10.2. The van der Waals surface area contributed by atoms with Crippen LogP contribution in [0, 0.1) is 0 Å². The molecule has 0 fully saturated rings. The molecular weight excluding hydrogens is 228 g/mol. The Morgan fingerprint density at radius 2 is 2.00 bits per heavy atom. The van der Waals surface area contributed by atoms with Crippen LogP contribution in [0.1, 0.15) is 12.0 Å². The summed E-state index contributed by atoms with van der Waals surface area (Å²) in [5.74, 6) is 0. The summed E-state index contributed by atoms with van der Waals surface area (Å²) in [7, 11) is 0. The molecular formula is C15H18O3. The van der Waals surface area contributed by atoms with Crippen LogP contribution in [0.25, 0.3) is 6.08 Å². The van der Waals surface area contributed by atoms with Crippen LogP contribution in [-0.4, -0.2) is 30.7 Å². The molecule has 0 aromatic heterocycles. The second kappa shape index (κ2) is 9.33. The van der Waals surface area contributed by atoms with Gasteiger partial charge in [-0.15, -0.1) is 0 Å². The van der Waals surface area contributed by atoms with E-state index in [1.54, 1.807) is 6.08 Å². The molecule has 0 aliphatic rings. The molecule has 1 atom stereocenters. The van der Waals surface area contributed by atoms with Gasteiger partial charge in [0.15, 0.2) is 0 Å². The zero-order valence-corrected chi connectivity index (χ0v) is 10.2. The smallest absolute Gasteiger partial charge is 0.123 e. The molecule has 1 N–H and O–H groups in total. The van der Waals surface area contributed by atoms with Crippen molar-refractivity contribution in [3.05, 3.63) is 54.1 Å². The Kier molecular flexibility index (Phi) is 7.44. The van der Waals surface area contributed by atoms with Gasteiger partial charge in [-0.3, -0.25) is 0 Å². The van der Waals surface area contributed by atoms with E-state index in [0.717, 1.165) is 11.8 Å². The van der Waals surface area contributed by atoms with Gasteiger partial charge in [0.1, 0.15) is 6.29 Å². The maximum absolute atomic E-state index is 10.2.